The molecule has 1 amide bonds. The Hall–Kier alpha value is -1.92. The molecule has 0 unspecified atom stereocenters. The number of ether oxygens (including phenoxy) is 1. The topological polar surface area (TPSA) is 44.8 Å². The van der Waals surface area contributed by atoms with E-state index in [4.69, 9.17) is 16.3 Å². The lowest BCUT2D eigenvalue weighted by molar-refractivity contribution is -0.123. The molecule has 29 heavy (non-hydrogen) atoms. The van der Waals surface area contributed by atoms with Gasteiger partial charge in [-0.05, 0) is 37.2 Å². The van der Waals surface area contributed by atoms with Crippen LogP contribution in [0.5, 0.6) is 0 Å². The highest BCUT2D eigenvalue weighted by atomic mass is 35.5. The predicted molar refractivity (Wildman–Crippen MR) is 117 cm³/mol. The quantitative estimate of drug-likeness (QED) is 0.718. The van der Waals surface area contributed by atoms with Gasteiger partial charge in [-0.25, -0.2) is 0 Å². The molecule has 0 aromatic heterocycles. The van der Waals surface area contributed by atoms with E-state index >= 15 is 0 Å². The molecule has 3 rings (SSSR count). The number of morpholine rings is 1. The van der Waals surface area contributed by atoms with Crippen molar-refractivity contribution in [2.45, 2.75) is 25.6 Å². The molecule has 2 aromatic carbocycles. The smallest absolute Gasteiger partial charge is 0.234 e. The van der Waals surface area contributed by atoms with E-state index in [0.29, 0.717) is 13.1 Å². The predicted octanol–water partition coefficient (Wildman–Crippen LogP) is 3.35. The zero-order valence-electron chi connectivity index (χ0n) is 17.2. The van der Waals surface area contributed by atoms with Crippen molar-refractivity contribution in [3.63, 3.8) is 0 Å². The van der Waals surface area contributed by atoms with Gasteiger partial charge in [0, 0.05) is 30.7 Å². The highest BCUT2D eigenvalue weighted by molar-refractivity contribution is 6.30. The zero-order chi connectivity index (χ0) is 20.6. The maximum Gasteiger partial charge on any atom is 0.234 e. The molecule has 1 aliphatic rings. The minimum atomic E-state index is -0.00747. The van der Waals surface area contributed by atoms with Gasteiger partial charge in [0.15, 0.2) is 0 Å². The Balaban J connectivity index is 1.59. The molecule has 0 spiro atoms. The molecule has 2 aromatic rings. The summed E-state index contributed by atoms with van der Waals surface area (Å²) in [4.78, 5) is 17.1. The van der Waals surface area contributed by atoms with Crippen LogP contribution in [0.15, 0.2) is 54.6 Å². The third-order valence-corrected chi connectivity index (χ3v) is 5.47. The van der Waals surface area contributed by atoms with Gasteiger partial charge in [0.25, 0.3) is 0 Å². The normalized spacial score (nSPS) is 17.1. The first-order chi connectivity index (χ1) is 14.0. The van der Waals surface area contributed by atoms with Crippen LogP contribution in [0.3, 0.4) is 0 Å². The third-order valence-electron chi connectivity index (χ3n) is 5.22. The molecule has 0 saturated carbocycles. The molecule has 156 valence electrons. The number of likely N-dealkylation sites (N-methyl/N-ethyl adjacent to an activating group) is 1. The van der Waals surface area contributed by atoms with Crippen LogP contribution in [0.25, 0.3) is 0 Å². The van der Waals surface area contributed by atoms with Gasteiger partial charge in [-0.3, -0.25) is 14.6 Å². The number of nitrogens with zero attached hydrogens (tertiary/aromatic N) is 2. The maximum absolute atomic E-state index is 12.7. The molecule has 1 saturated heterocycles. The Morgan fingerprint density at radius 2 is 1.79 bits per heavy atom. The molecule has 6 heteroatoms. The number of hydrogen-bond acceptors (Lipinski definition) is 4. The summed E-state index contributed by atoms with van der Waals surface area (Å²) in [5.41, 5.74) is 2.35. The fraction of sp³-hybridized carbons (Fsp3) is 0.435. The second-order valence-electron chi connectivity index (χ2n) is 7.66. The standard InChI is InChI=1S/C23H30ClN3O2/c1-18(23(20-6-4-3-5-7-20)27-12-14-29-15-13-27)25-22(28)17-26(2)16-19-8-10-21(24)11-9-19/h3-11,18,23H,12-17H2,1-2H3,(H,25,28)/t18-,23-/m0/s1. The molecular weight excluding hydrogens is 386 g/mol. The van der Waals surface area contributed by atoms with Crippen LogP contribution in [-0.2, 0) is 16.1 Å². The Kier molecular flexibility index (Phi) is 8.07. The van der Waals surface area contributed by atoms with Crippen molar-refractivity contribution in [2.24, 2.45) is 0 Å². The summed E-state index contributed by atoms with van der Waals surface area (Å²) in [5, 5.41) is 3.94. The Morgan fingerprint density at radius 1 is 1.14 bits per heavy atom. The number of halogens is 1. The zero-order valence-corrected chi connectivity index (χ0v) is 17.9. The molecular formula is C23H30ClN3O2. The summed E-state index contributed by atoms with van der Waals surface area (Å²) in [6, 6.07) is 18.2. The van der Waals surface area contributed by atoms with Crippen molar-refractivity contribution in [1.82, 2.24) is 15.1 Å². The van der Waals surface area contributed by atoms with Gasteiger partial charge in [0.05, 0.1) is 25.8 Å². The molecule has 0 bridgehead atoms. The fourth-order valence-electron chi connectivity index (χ4n) is 3.90. The molecule has 5 nitrogen and oxygen atoms in total. The number of amides is 1. The maximum atomic E-state index is 12.7. The lowest BCUT2D eigenvalue weighted by Gasteiger charge is -2.38. The van der Waals surface area contributed by atoms with Crippen molar-refractivity contribution >= 4 is 17.5 Å². The summed E-state index contributed by atoms with van der Waals surface area (Å²) in [7, 11) is 1.95. The number of benzene rings is 2. The van der Waals surface area contributed by atoms with E-state index in [1.807, 2.05) is 42.3 Å². The lowest BCUT2D eigenvalue weighted by Crippen LogP contribution is -2.49. The van der Waals surface area contributed by atoms with E-state index in [9.17, 15) is 4.79 Å². The van der Waals surface area contributed by atoms with Crippen LogP contribution in [0.1, 0.15) is 24.1 Å². The molecule has 1 aliphatic heterocycles. The van der Waals surface area contributed by atoms with Crippen LogP contribution in [0, 0.1) is 0 Å². The summed E-state index contributed by atoms with van der Waals surface area (Å²) in [6.07, 6.45) is 0. The molecule has 0 aliphatic carbocycles. The molecule has 1 heterocycles. The molecule has 1 N–H and O–H groups in total. The highest BCUT2D eigenvalue weighted by Gasteiger charge is 2.28. The lowest BCUT2D eigenvalue weighted by atomic mass is 9.98. The minimum Gasteiger partial charge on any atom is -0.379 e. The highest BCUT2D eigenvalue weighted by Crippen LogP contribution is 2.25. The number of carbonyl (C=O) groups excluding carboxylic acids is 1. The van der Waals surface area contributed by atoms with Crippen LogP contribution in [0.2, 0.25) is 5.02 Å². The SMILES string of the molecule is C[C@H](NC(=O)CN(C)Cc1ccc(Cl)cc1)[C@@H](c1ccccc1)N1CCOCC1. The van der Waals surface area contributed by atoms with Crippen LogP contribution < -0.4 is 5.32 Å². The van der Waals surface area contributed by atoms with Gasteiger partial charge in [-0.1, -0.05) is 54.1 Å². The summed E-state index contributed by atoms with van der Waals surface area (Å²) in [5.74, 6) is 0.0307. The number of nitrogens with one attached hydrogen (secondary N) is 1. The first kappa shape index (κ1) is 21.8. The van der Waals surface area contributed by atoms with Crippen molar-refractivity contribution in [3.8, 4) is 0 Å². The van der Waals surface area contributed by atoms with E-state index < -0.39 is 0 Å². The second kappa shape index (κ2) is 10.7. The van der Waals surface area contributed by atoms with E-state index in [-0.39, 0.29) is 18.0 Å². The molecule has 0 radical (unpaired) electrons. The minimum absolute atomic E-state index is 0.00747. The average Bonchev–Trinajstić information content (AvgIpc) is 2.71. The number of hydrogen-bond donors (Lipinski definition) is 1. The van der Waals surface area contributed by atoms with Gasteiger partial charge in [0.2, 0.25) is 5.91 Å². The Morgan fingerprint density at radius 3 is 2.45 bits per heavy atom. The van der Waals surface area contributed by atoms with Crippen molar-refractivity contribution in [2.75, 3.05) is 39.9 Å². The van der Waals surface area contributed by atoms with Gasteiger partial charge in [0.1, 0.15) is 0 Å². The Bertz CT molecular complexity index is 763. The van der Waals surface area contributed by atoms with E-state index in [0.717, 1.165) is 36.9 Å². The van der Waals surface area contributed by atoms with E-state index in [2.05, 4.69) is 41.4 Å². The average molecular weight is 416 g/mol. The number of carbonyl (C=O) groups is 1. The largest absolute Gasteiger partial charge is 0.379 e. The van der Waals surface area contributed by atoms with Crippen LogP contribution in [-0.4, -0.2) is 61.6 Å². The van der Waals surface area contributed by atoms with Crippen molar-refractivity contribution in [3.05, 3.63) is 70.7 Å². The second-order valence-corrected chi connectivity index (χ2v) is 8.10. The summed E-state index contributed by atoms with van der Waals surface area (Å²) < 4.78 is 5.52. The van der Waals surface area contributed by atoms with Crippen molar-refractivity contribution < 1.29 is 9.53 Å². The van der Waals surface area contributed by atoms with E-state index in [1.54, 1.807) is 0 Å². The molecule has 1 fully saturated rings. The van der Waals surface area contributed by atoms with Gasteiger partial charge < -0.3 is 10.1 Å². The number of rotatable bonds is 8. The van der Waals surface area contributed by atoms with Crippen LogP contribution >= 0.6 is 11.6 Å². The summed E-state index contributed by atoms with van der Waals surface area (Å²) >= 11 is 5.94. The Labute approximate surface area is 178 Å². The van der Waals surface area contributed by atoms with E-state index in [1.165, 1.54) is 5.56 Å². The molecule has 2 atom stereocenters. The van der Waals surface area contributed by atoms with Crippen molar-refractivity contribution in [1.29, 1.82) is 0 Å². The summed E-state index contributed by atoms with van der Waals surface area (Å²) in [6.45, 7) is 6.33. The fourth-order valence-corrected chi connectivity index (χ4v) is 4.03. The first-order valence-corrected chi connectivity index (χ1v) is 10.5. The third kappa shape index (κ3) is 6.54. The first-order valence-electron chi connectivity index (χ1n) is 10.1. The van der Waals surface area contributed by atoms with Crippen LogP contribution in [0.4, 0.5) is 0 Å². The van der Waals surface area contributed by atoms with Gasteiger partial charge >= 0.3 is 0 Å². The monoisotopic (exact) mass is 415 g/mol. The van der Waals surface area contributed by atoms with Gasteiger partial charge in [-0.15, -0.1) is 0 Å². The van der Waals surface area contributed by atoms with Gasteiger partial charge in [-0.2, -0.15) is 0 Å².